The molecule has 1 aliphatic heterocycles. The lowest BCUT2D eigenvalue weighted by molar-refractivity contribution is -0.143. The Labute approximate surface area is 149 Å². The fourth-order valence-electron chi connectivity index (χ4n) is 2.60. The molecule has 1 heterocycles. The summed E-state index contributed by atoms with van der Waals surface area (Å²) in [6, 6.07) is 7.25. The van der Waals surface area contributed by atoms with E-state index in [4.69, 9.17) is 9.94 Å². The molecule has 9 heteroatoms. The van der Waals surface area contributed by atoms with Crippen LogP contribution < -0.4 is 0 Å². The summed E-state index contributed by atoms with van der Waals surface area (Å²) in [7, 11) is 0. The van der Waals surface area contributed by atoms with Crippen LogP contribution in [0.2, 0.25) is 0 Å². The van der Waals surface area contributed by atoms with Crippen LogP contribution in [0.5, 0.6) is 0 Å². The molecule has 1 aromatic carbocycles. The number of alkyl halides is 3. The Morgan fingerprint density at radius 1 is 1.32 bits per heavy atom. The summed E-state index contributed by atoms with van der Waals surface area (Å²) in [6.45, 7) is 1.40. The second-order valence-electron chi connectivity index (χ2n) is 5.61. The standard InChI is InChI=1S/C16H19F3N2O3.ClH/c17-16(18,19)14(12-5-2-1-3-6-12)20-24-10-9-21-8-4-7-13(11-21)15(22)23;/h1-3,5-6,13H,4,7-11H2,(H,22,23);1H/b20-14-;/t13-;/m1./s1. The van der Waals surface area contributed by atoms with Crippen LogP contribution >= 0.6 is 12.4 Å². The van der Waals surface area contributed by atoms with Gasteiger partial charge >= 0.3 is 12.1 Å². The zero-order valence-corrected chi connectivity index (χ0v) is 14.2. The van der Waals surface area contributed by atoms with Crippen molar-refractivity contribution in [3.63, 3.8) is 0 Å². The third-order valence-electron chi connectivity index (χ3n) is 3.83. The Morgan fingerprint density at radius 2 is 2.00 bits per heavy atom. The SMILES string of the molecule is Cl.O=C(O)[C@@H]1CCCN(CCO/N=C(/c2ccccc2)C(F)(F)F)C1. The third-order valence-corrected chi connectivity index (χ3v) is 3.83. The maximum Gasteiger partial charge on any atom is 0.437 e. The largest absolute Gasteiger partial charge is 0.481 e. The highest BCUT2D eigenvalue weighted by Crippen LogP contribution is 2.23. The Hall–Kier alpha value is -1.80. The number of likely N-dealkylation sites (tertiary alicyclic amines) is 1. The number of carbonyl (C=O) groups is 1. The molecule has 140 valence electrons. The molecule has 0 aromatic heterocycles. The molecule has 1 saturated heterocycles. The molecular formula is C16H20ClF3N2O3. The number of carboxylic acid groups (broad SMARTS) is 1. The van der Waals surface area contributed by atoms with Gasteiger partial charge in [-0.25, -0.2) is 0 Å². The summed E-state index contributed by atoms with van der Waals surface area (Å²) in [6.07, 6.45) is -3.24. The Bertz CT molecular complexity index is 582. The normalized spacial score (nSPS) is 19.2. The van der Waals surface area contributed by atoms with Crippen LogP contribution in [0.25, 0.3) is 0 Å². The lowest BCUT2D eigenvalue weighted by Crippen LogP contribution is -2.40. The van der Waals surface area contributed by atoms with Crippen molar-refractivity contribution in [2.24, 2.45) is 11.1 Å². The molecule has 0 spiro atoms. The molecule has 1 aromatic rings. The molecule has 0 aliphatic carbocycles. The monoisotopic (exact) mass is 380 g/mol. The first kappa shape index (κ1) is 21.2. The quantitative estimate of drug-likeness (QED) is 0.468. The average molecular weight is 381 g/mol. The molecular weight excluding hydrogens is 361 g/mol. The van der Waals surface area contributed by atoms with Crippen molar-refractivity contribution >= 4 is 24.1 Å². The van der Waals surface area contributed by atoms with Crippen molar-refractivity contribution in [1.82, 2.24) is 4.90 Å². The number of hydrogen-bond donors (Lipinski definition) is 1. The molecule has 1 fully saturated rings. The molecule has 0 amide bonds. The van der Waals surface area contributed by atoms with E-state index >= 15 is 0 Å². The van der Waals surface area contributed by atoms with Gasteiger partial charge < -0.3 is 9.94 Å². The van der Waals surface area contributed by atoms with E-state index in [9.17, 15) is 18.0 Å². The number of rotatable bonds is 6. The van der Waals surface area contributed by atoms with Gasteiger partial charge in [0.05, 0.1) is 5.92 Å². The number of aliphatic carboxylic acids is 1. The lowest BCUT2D eigenvalue weighted by atomic mass is 9.98. The molecule has 1 atom stereocenters. The van der Waals surface area contributed by atoms with Crippen LogP contribution in [0.4, 0.5) is 13.2 Å². The minimum absolute atomic E-state index is 0. The highest BCUT2D eigenvalue weighted by atomic mass is 35.5. The number of piperidine rings is 1. The number of halogens is 4. The molecule has 0 saturated carbocycles. The maximum atomic E-state index is 13.0. The highest BCUT2D eigenvalue weighted by Gasteiger charge is 2.37. The first-order chi connectivity index (χ1) is 11.4. The molecule has 0 unspecified atom stereocenters. The van der Waals surface area contributed by atoms with E-state index in [0.29, 0.717) is 26.1 Å². The van der Waals surface area contributed by atoms with Crippen LogP contribution in [-0.2, 0) is 9.63 Å². The van der Waals surface area contributed by atoms with Crippen molar-refractivity contribution in [3.8, 4) is 0 Å². The predicted molar refractivity (Wildman–Crippen MR) is 89.0 cm³/mol. The molecule has 25 heavy (non-hydrogen) atoms. The van der Waals surface area contributed by atoms with Crippen molar-refractivity contribution in [2.75, 3.05) is 26.2 Å². The van der Waals surface area contributed by atoms with Gasteiger partial charge in [-0.05, 0) is 19.4 Å². The maximum absolute atomic E-state index is 13.0. The van der Waals surface area contributed by atoms with E-state index < -0.39 is 23.8 Å². The fourth-order valence-corrected chi connectivity index (χ4v) is 2.60. The first-order valence-corrected chi connectivity index (χ1v) is 7.65. The van der Waals surface area contributed by atoms with E-state index in [2.05, 4.69) is 5.16 Å². The van der Waals surface area contributed by atoms with Crippen molar-refractivity contribution in [3.05, 3.63) is 35.9 Å². The van der Waals surface area contributed by atoms with Gasteiger partial charge in [0.2, 0.25) is 0 Å². The average Bonchev–Trinajstić information content (AvgIpc) is 2.54. The van der Waals surface area contributed by atoms with Gasteiger partial charge in [0.1, 0.15) is 6.61 Å². The predicted octanol–water partition coefficient (Wildman–Crippen LogP) is 3.19. The second kappa shape index (κ2) is 9.62. The zero-order valence-electron chi connectivity index (χ0n) is 13.4. The summed E-state index contributed by atoms with van der Waals surface area (Å²) in [5.74, 6) is -1.28. The molecule has 1 aliphatic rings. The molecule has 0 radical (unpaired) electrons. The van der Waals surface area contributed by atoms with Gasteiger partial charge in [-0.1, -0.05) is 35.5 Å². The topological polar surface area (TPSA) is 62.1 Å². The van der Waals surface area contributed by atoms with Gasteiger partial charge in [-0.2, -0.15) is 13.2 Å². The summed E-state index contributed by atoms with van der Waals surface area (Å²) in [4.78, 5) is 17.7. The second-order valence-corrected chi connectivity index (χ2v) is 5.61. The van der Waals surface area contributed by atoms with Gasteiger partial charge in [-0.15, -0.1) is 12.4 Å². The number of nitrogens with zero attached hydrogens (tertiary/aromatic N) is 2. The van der Waals surface area contributed by atoms with Crippen LogP contribution in [0, 0.1) is 5.92 Å². The zero-order chi connectivity index (χ0) is 17.6. The number of hydrogen-bond acceptors (Lipinski definition) is 4. The van der Waals surface area contributed by atoms with Crippen LogP contribution in [0.1, 0.15) is 18.4 Å². The van der Waals surface area contributed by atoms with Crippen molar-refractivity contribution in [1.29, 1.82) is 0 Å². The van der Waals surface area contributed by atoms with E-state index in [-0.39, 0.29) is 24.6 Å². The third kappa shape index (κ3) is 6.55. The van der Waals surface area contributed by atoms with Crippen molar-refractivity contribution < 1.29 is 27.9 Å². The van der Waals surface area contributed by atoms with Crippen molar-refractivity contribution in [2.45, 2.75) is 19.0 Å². The number of carboxylic acids is 1. The van der Waals surface area contributed by atoms with Crippen LogP contribution in [-0.4, -0.2) is 54.1 Å². The van der Waals surface area contributed by atoms with Crippen LogP contribution in [0.3, 0.4) is 0 Å². The smallest absolute Gasteiger partial charge is 0.437 e. The summed E-state index contributed by atoms with van der Waals surface area (Å²) in [5, 5.41) is 12.3. The lowest BCUT2D eigenvalue weighted by Gasteiger charge is -2.29. The summed E-state index contributed by atoms with van der Waals surface area (Å²) >= 11 is 0. The van der Waals surface area contributed by atoms with Crippen LogP contribution in [0.15, 0.2) is 35.5 Å². The van der Waals surface area contributed by atoms with Gasteiger partial charge in [-0.3, -0.25) is 9.69 Å². The van der Waals surface area contributed by atoms with Gasteiger partial charge in [0.15, 0.2) is 5.71 Å². The van der Waals surface area contributed by atoms with Gasteiger partial charge in [0.25, 0.3) is 0 Å². The Kier molecular flexibility index (Phi) is 8.18. The van der Waals surface area contributed by atoms with E-state index in [1.807, 2.05) is 4.90 Å². The van der Waals surface area contributed by atoms with Gasteiger partial charge in [0, 0.05) is 18.7 Å². The van der Waals surface area contributed by atoms with E-state index in [0.717, 1.165) is 6.42 Å². The fraction of sp³-hybridized carbons (Fsp3) is 0.500. The molecule has 1 N–H and O–H groups in total. The molecule has 5 nitrogen and oxygen atoms in total. The summed E-state index contributed by atoms with van der Waals surface area (Å²) < 4.78 is 39.1. The number of benzene rings is 1. The van der Waals surface area contributed by atoms with E-state index in [1.165, 1.54) is 24.3 Å². The Morgan fingerprint density at radius 3 is 2.60 bits per heavy atom. The minimum atomic E-state index is -4.61. The molecule has 0 bridgehead atoms. The minimum Gasteiger partial charge on any atom is -0.481 e. The summed E-state index contributed by atoms with van der Waals surface area (Å²) in [5.41, 5.74) is -1.14. The molecule has 2 rings (SSSR count). The number of oxime groups is 1. The first-order valence-electron chi connectivity index (χ1n) is 7.65. The Balaban J connectivity index is 0.00000312. The highest BCUT2D eigenvalue weighted by molar-refractivity contribution is 6.04. The van der Waals surface area contributed by atoms with E-state index in [1.54, 1.807) is 6.07 Å².